The Labute approximate surface area is 89.1 Å². The van der Waals surface area contributed by atoms with E-state index in [0.717, 1.165) is 0 Å². The molecular weight excluding hydrogens is 216 g/mol. The minimum absolute atomic E-state index is 0.368. The average molecular weight is 230 g/mol. The molecule has 0 saturated carbocycles. The van der Waals surface area contributed by atoms with Gasteiger partial charge in [0.1, 0.15) is 0 Å². The molecule has 1 atom stereocenters. The van der Waals surface area contributed by atoms with Gasteiger partial charge in [-0.15, -0.1) is 0 Å². The van der Waals surface area contributed by atoms with E-state index >= 15 is 0 Å². The van der Waals surface area contributed by atoms with Crippen molar-refractivity contribution in [3.8, 4) is 0 Å². The van der Waals surface area contributed by atoms with Gasteiger partial charge in [0.05, 0.1) is 12.1 Å². The fourth-order valence-electron chi connectivity index (χ4n) is 1.30. The van der Waals surface area contributed by atoms with Crippen LogP contribution in [0.4, 0.5) is 0 Å². The molecule has 0 heterocycles. The van der Waals surface area contributed by atoms with Crippen LogP contribution in [0.2, 0.25) is 0 Å². The first-order valence-corrected chi connectivity index (χ1v) is 5.90. The summed E-state index contributed by atoms with van der Waals surface area (Å²) in [5.74, 6) is 0. The Morgan fingerprint density at radius 1 is 1.40 bits per heavy atom. The Bertz CT molecular complexity index is 418. The van der Waals surface area contributed by atoms with E-state index in [0.29, 0.717) is 5.56 Å². The first kappa shape index (κ1) is 12.1. The van der Waals surface area contributed by atoms with Crippen LogP contribution in [-0.2, 0) is 15.7 Å². The van der Waals surface area contributed by atoms with Crippen molar-refractivity contribution >= 4 is 10.2 Å². The highest BCUT2D eigenvalue weighted by molar-refractivity contribution is 7.87. The van der Waals surface area contributed by atoms with Gasteiger partial charge >= 0.3 is 0 Å². The van der Waals surface area contributed by atoms with E-state index < -0.39 is 15.7 Å². The predicted octanol–water partition coefficient (Wildman–Crippen LogP) is -0.313. The lowest BCUT2D eigenvalue weighted by Gasteiger charge is -2.27. The van der Waals surface area contributed by atoms with Crippen LogP contribution in [0.5, 0.6) is 0 Å². The van der Waals surface area contributed by atoms with Crippen molar-refractivity contribution in [1.82, 2.24) is 4.72 Å². The zero-order valence-electron chi connectivity index (χ0n) is 8.34. The average Bonchev–Trinajstić information content (AvgIpc) is 2.16. The molecule has 84 valence electrons. The van der Waals surface area contributed by atoms with E-state index in [1.165, 1.54) is 0 Å². The second-order valence-electron chi connectivity index (χ2n) is 3.50. The summed E-state index contributed by atoms with van der Waals surface area (Å²) in [7, 11) is -3.85. The van der Waals surface area contributed by atoms with Gasteiger partial charge in [-0.3, -0.25) is 0 Å². The number of hydrogen-bond donors (Lipinski definition) is 3. The van der Waals surface area contributed by atoms with E-state index in [1.807, 2.05) is 0 Å². The minimum Gasteiger partial charge on any atom is -0.394 e. The highest BCUT2D eigenvalue weighted by atomic mass is 32.2. The third-order valence-electron chi connectivity index (χ3n) is 2.09. The van der Waals surface area contributed by atoms with E-state index in [1.54, 1.807) is 37.3 Å². The molecule has 0 amide bonds. The standard InChI is InChI=1S/C9H14N2O3S/c1-9(7-12,11-15(10,13)14)8-5-3-2-4-6-8/h2-6,11-12H,7H2,1H3,(H2,10,13,14). The number of nitrogens with one attached hydrogen (secondary N) is 1. The highest BCUT2D eigenvalue weighted by Crippen LogP contribution is 2.19. The van der Waals surface area contributed by atoms with Crippen molar-refractivity contribution in [2.45, 2.75) is 12.5 Å². The summed E-state index contributed by atoms with van der Waals surface area (Å²) in [6, 6.07) is 8.75. The van der Waals surface area contributed by atoms with Gasteiger partial charge in [-0.2, -0.15) is 13.1 Å². The molecule has 0 saturated heterocycles. The summed E-state index contributed by atoms with van der Waals surface area (Å²) in [4.78, 5) is 0. The Morgan fingerprint density at radius 2 is 1.93 bits per heavy atom. The van der Waals surface area contributed by atoms with Crippen molar-refractivity contribution in [3.63, 3.8) is 0 Å². The van der Waals surface area contributed by atoms with Gasteiger partial charge in [0.25, 0.3) is 10.2 Å². The molecule has 0 fully saturated rings. The smallest absolute Gasteiger partial charge is 0.275 e. The van der Waals surface area contributed by atoms with Crippen LogP contribution in [-0.4, -0.2) is 20.1 Å². The van der Waals surface area contributed by atoms with Crippen LogP contribution in [0.15, 0.2) is 30.3 Å². The fourth-order valence-corrected chi connectivity index (χ4v) is 2.11. The molecule has 0 bridgehead atoms. The molecular formula is C9H14N2O3S. The molecule has 6 heteroatoms. The third-order valence-corrected chi connectivity index (χ3v) is 2.83. The van der Waals surface area contributed by atoms with Crippen LogP contribution < -0.4 is 9.86 Å². The zero-order chi connectivity index (χ0) is 11.5. The first-order chi connectivity index (χ1) is 6.87. The Balaban J connectivity index is 3.06. The van der Waals surface area contributed by atoms with Gasteiger partial charge in [-0.05, 0) is 12.5 Å². The second kappa shape index (κ2) is 4.28. The van der Waals surface area contributed by atoms with Crippen molar-refractivity contribution in [3.05, 3.63) is 35.9 Å². The summed E-state index contributed by atoms with van der Waals surface area (Å²) in [5.41, 5.74) is -0.434. The normalized spacial score (nSPS) is 15.9. The van der Waals surface area contributed by atoms with Crippen LogP contribution in [0.1, 0.15) is 12.5 Å². The van der Waals surface area contributed by atoms with Crippen molar-refractivity contribution in [2.24, 2.45) is 5.14 Å². The molecule has 4 N–H and O–H groups in total. The Kier molecular flexibility index (Phi) is 3.46. The monoisotopic (exact) mass is 230 g/mol. The molecule has 0 spiro atoms. The van der Waals surface area contributed by atoms with Crippen LogP contribution in [0.3, 0.4) is 0 Å². The lowest BCUT2D eigenvalue weighted by Crippen LogP contribution is -2.48. The number of aliphatic hydroxyl groups excluding tert-OH is 1. The molecule has 1 unspecified atom stereocenters. The van der Waals surface area contributed by atoms with E-state index in [-0.39, 0.29) is 6.61 Å². The highest BCUT2D eigenvalue weighted by Gasteiger charge is 2.29. The van der Waals surface area contributed by atoms with Crippen molar-refractivity contribution in [1.29, 1.82) is 0 Å². The van der Waals surface area contributed by atoms with Gasteiger partial charge in [0.2, 0.25) is 0 Å². The summed E-state index contributed by atoms with van der Waals surface area (Å²) in [6.45, 7) is 1.19. The number of rotatable bonds is 4. The van der Waals surface area contributed by atoms with Gasteiger partial charge in [-0.1, -0.05) is 30.3 Å². The number of hydrogen-bond acceptors (Lipinski definition) is 3. The Morgan fingerprint density at radius 3 is 2.33 bits per heavy atom. The topological polar surface area (TPSA) is 92.4 Å². The maximum absolute atomic E-state index is 10.9. The van der Waals surface area contributed by atoms with Crippen LogP contribution in [0.25, 0.3) is 0 Å². The van der Waals surface area contributed by atoms with E-state index in [4.69, 9.17) is 5.14 Å². The predicted molar refractivity (Wildman–Crippen MR) is 57.1 cm³/mol. The molecule has 0 aromatic heterocycles. The lowest BCUT2D eigenvalue weighted by molar-refractivity contribution is 0.196. The van der Waals surface area contributed by atoms with Crippen molar-refractivity contribution in [2.75, 3.05) is 6.61 Å². The summed E-state index contributed by atoms with van der Waals surface area (Å²) < 4.78 is 24.1. The minimum atomic E-state index is -3.85. The zero-order valence-corrected chi connectivity index (χ0v) is 9.16. The second-order valence-corrected chi connectivity index (χ2v) is 4.80. The Hall–Kier alpha value is -0.950. The first-order valence-electron chi connectivity index (χ1n) is 4.35. The number of nitrogens with two attached hydrogens (primary N) is 1. The van der Waals surface area contributed by atoms with Gasteiger partial charge in [0, 0.05) is 0 Å². The SMILES string of the molecule is CC(CO)(NS(N)(=O)=O)c1ccccc1. The largest absolute Gasteiger partial charge is 0.394 e. The van der Waals surface area contributed by atoms with Crippen LogP contribution >= 0.6 is 0 Å². The fraction of sp³-hybridized carbons (Fsp3) is 0.333. The molecule has 1 aromatic rings. The molecule has 0 aliphatic carbocycles. The molecule has 1 rings (SSSR count). The molecule has 15 heavy (non-hydrogen) atoms. The number of benzene rings is 1. The quantitative estimate of drug-likeness (QED) is 0.662. The molecule has 0 aliphatic heterocycles. The molecule has 0 radical (unpaired) electrons. The molecule has 0 aliphatic rings. The number of aliphatic hydroxyl groups is 1. The lowest BCUT2D eigenvalue weighted by atomic mass is 9.94. The third kappa shape index (κ3) is 3.28. The van der Waals surface area contributed by atoms with E-state index in [2.05, 4.69) is 4.72 Å². The molecule has 5 nitrogen and oxygen atoms in total. The summed E-state index contributed by atoms with van der Waals surface area (Å²) >= 11 is 0. The van der Waals surface area contributed by atoms with E-state index in [9.17, 15) is 13.5 Å². The summed E-state index contributed by atoms with van der Waals surface area (Å²) in [5, 5.41) is 14.1. The van der Waals surface area contributed by atoms with Crippen LogP contribution in [0, 0.1) is 0 Å². The van der Waals surface area contributed by atoms with Gasteiger partial charge in [-0.25, -0.2) is 5.14 Å². The maximum atomic E-state index is 10.9. The van der Waals surface area contributed by atoms with Gasteiger partial charge in [0.15, 0.2) is 0 Å². The van der Waals surface area contributed by atoms with Gasteiger partial charge < -0.3 is 5.11 Å². The maximum Gasteiger partial charge on any atom is 0.275 e. The van der Waals surface area contributed by atoms with Crippen molar-refractivity contribution < 1.29 is 13.5 Å². The molecule has 1 aromatic carbocycles. The summed E-state index contributed by atoms with van der Waals surface area (Å²) in [6.07, 6.45) is 0.